The first-order chi connectivity index (χ1) is 13.5. The molecule has 0 saturated heterocycles. The van der Waals surface area contributed by atoms with Crippen molar-refractivity contribution in [1.29, 1.82) is 0 Å². The van der Waals surface area contributed by atoms with Crippen molar-refractivity contribution < 1.29 is 19.1 Å². The number of benzene rings is 2. The topological polar surface area (TPSA) is 88.6 Å². The van der Waals surface area contributed by atoms with Crippen molar-refractivity contribution in [3.05, 3.63) is 54.1 Å². The lowest BCUT2D eigenvalue weighted by Crippen LogP contribution is -2.34. The maximum atomic E-state index is 12.6. The van der Waals surface area contributed by atoms with Gasteiger partial charge < -0.3 is 10.1 Å². The van der Waals surface area contributed by atoms with Crippen LogP contribution in [-0.2, 0) is 14.3 Å². The van der Waals surface area contributed by atoms with Gasteiger partial charge in [0.1, 0.15) is 0 Å². The molecule has 0 atom stereocenters. The van der Waals surface area contributed by atoms with E-state index in [1.54, 1.807) is 18.2 Å². The molecule has 7 nitrogen and oxygen atoms in total. The number of carbonyl (C=O) groups is 3. The Kier molecular flexibility index (Phi) is 6.00. The molecule has 0 bridgehead atoms. The van der Waals surface area contributed by atoms with Crippen LogP contribution < -0.4 is 10.2 Å². The van der Waals surface area contributed by atoms with E-state index in [0.29, 0.717) is 17.4 Å². The van der Waals surface area contributed by atoms with Crippen molar-refractivity contribution >= 4 is 50.2 Å². The smallest absolute Gasteiger partial charge is 0.338 e. The molecule has 3 aromatic rings. The quantitative estimate of drug-likeness (QED) is 0.644. The van der Waals surface area contributed by atoms with Crippen LogP contribution in [0.2, 0.25) is 0 Å². The Morgan fingerprint density at radius 2 is 1.93 bits per heavy atom. The summed E-state index contributed by atoms with van der Waals surface area (Å²) in [6, 6.07) is 14.0. The number of ether oxygens (including phenoxy) is 1. The van der Waals surface area contributed by atoms with Crippen LogP contribution in [0.25, 0.3) is 10.2 Å². The second-order valence-corrected chi connectivity index (χ2v) is 6.95. The standard InChI is InChI=1S/C20H19N3O4S/c1-3-23(20-22-16-9-4-5-10-17(16)28-20)18(25)12-27-19(26)14-7-6-8-15(11-14)21-13(2)24/h4-11H,3,12H2,1-2H3,(H,21,24). The van der Waals surface area contributed by atoms with E-state index in [9.17, 15) is 14.4 Å². The zero-order chi connectivity index (χ0) is 20.1. The number of para-hydroxylation sites is 1. The maximum absolute atomic E-state index is 12.6. The van der Waals surface area contributed by atoms with Crippen LogP contribution in [-0.4, -0.2) is 35.9 Å². The van der Waals surface area contributed by atoms with Gasteiger partial charge in [-0.2, -0.15) is 0 Å². The Hall–Kier alpha value is -3.26. The summed E-state index contributed by atoms with van der Waals surface area (Å²) < 4.78 is 6.14. The lowest BCUT2D eigenvalue weighted by molar-refractivity contribution is -0.121. The first kappa shape index (κ1) is 19.5. The molecule has 2 aromatic carbocycles. The van der Waals surface area contributed by atoms with Crippen LogP contribution in [0.3, 0.4) is 0 Å². The Morgan fingerprint density at radius 3 is 2.64 bits per heavy atom. The molecule has 0 aliphatic heterocycles. The van der Waals surface area contributed by atoms with E-state index in [2.05, 4.69) is 10.3 Å². The molecule has 0 unspecified atom stereocenters. The van der Waals surface area contributed by atoms with E-state index in [0.717, 1.165) is 10.2 Å². The van der Waals surface area contributed by atoms with Gasteiger partial charge in [-0.3, -0.25) is 14.5 Å². The number of nitrogens with zero attached hydrogens (tertiary/aromatic N) is 2. The number of rotatable bonds is 6. The van der Waals surface area contributed by atoms with E-state index >= 15 is 0 Å². The van der Waals surface area contributed by atoms with Gasteiger partial charge in [0, 0.05) is 19.2 Å². The van der Waals surface area contributed by atoms with Gasteiger partial charge in [0.2, 0.25) is 5.91 Å². The zero-order valence-corrected chi connectivity index (χ0v) is 16.3. The molecule has 8 heteroatoms. The summed E-state index contributed by atoms with van der Waals surface area (Å²) in [5.41, 5.74) is 1.56. The minimum absolute atomic E-state index is 0.241. The molecule has 0 aliphatic rings. The number of fused-ring (bicyclic) bond motifs is 1. The number of thiazole rings is 1. The molecule has 0 spiro atoms. The third-order valence-corrected chi connectivity index (χ3v) is 4.94. The lowest BCUT2D eigenvalue weighted by atomic mass is 10.2. The largest absolute Gasteiger partial charge is 0.452 e. The van der Waals surface area contributed by atoms with E-state index < -0.39 is 12.6 Å². The zero-order valence-electron chi connectivity index (χ0n) is 15.5. The van der Waals surface area contributed by atoms with E-state index in [-0.39, 0.29) is 17.4 Å². The highest BCUT2D eigenvalue weighted by Gasteiger charge is 2.20. The Labute approximate surface area is 165 Å². The fraction of sp³-hybridized carbons (Fsp3) is 0.200. The summed E-state index contributed by atoms with van der Waals surface area (Å²) in [4.78, 5) is 41.9. The fourth-order valence-corrected chi connectivity index (χ4v) is 3.66. The average molecular weight is 397 g/mol. The predicted molar refractivity (Wildman–Crippen MR) is 109 cm³/mol. The number of aromatic nitrogens is 1. The van der Waals surface area contributed by atoms with Crippen LogP contribution in [0.4, 0.5) is 10.8 Å². The molecular weight excluding hydrogens is 378 g/mol. The molecule has 0 radical (unpaired) electrons. The van der Waals surface area contributed by atoms with Gasteiger partial charge in [-0.05, 0) is 37.3 Å². The molecule has 1 N–H and O–H groups in total. The highest BCUT2D eigenvalue weighted by Crippen LogP contribution is 2.28. The van der Waals surface area contributed by atoms with E-state index in [4.69, 9.17) is 4.74 Å². The third kappa shape index (κ3) is 4.52. The maximum Gasteiger partial charge on any atom is 0.338 e. The molecule has 3 rings (SSSR count). The molecule has 0 aliphatic carbocycles. The predicted octanol–water partition coefficient (Wildman–Crippen LogP) is 3.46. The summed E-state index contributed by atoms with van der Waals surface area (Å²) in [5.74, 6) is -1.23. The minimum Gasteiger partial charge on any atom is -0.452 e. The van der Waals surface area contributed by atoms with Gasteiger partial charge in [0.25, 0.3) is 5.91 Å². The molecular formula is C20H19N3O4S. The van der Waals surface area contributed by atoms with Gasteiger partial charge in [-0.1, -0.05) is 29.5 Å². The Bertz CT molecular complexity index is 998. The monoisotopic (exact) mass is 397 g/mol. The second-order valence-electron chi connectivity index (χ2n) is 5.94. The molecule has 0 fully saturated rings. The van der Waals surface area contributed by atoms with Crippen LogP contribution in [0, 0.1) is 0 Å². The number of carbonyl (C=O) groups excluding carboxylic acids is 3. The van der Waals surface area contributed by atoms with Crippen molar-refractivity contribution in [2.24, 2.45) is 0 Å². The fourth-order valence-electron chi connectivity index (χ4n) is 2.61. The molecule has 144 valence electrons. The lowest BCUT2D eigenvalue weighted by Gasteiger charge is -2.17. The second kappa shape index (κ2) is 8.62. The molecule has 2 amide bonds. The van der Waals surface area contributed by atoms with Crippen molar-refractivity contribution in [2.45, 2.75) is 13.8 Å². The van der Waals surface area contributed by atoms with Crippen molar-refractivity contribution in [2.75, 3.05) is 23.4 Å². The minimum atomic E-state index is -0.638. The van der Waals surface area contributed by atoms with Crippen LogP contribution in [0.5, 0.6) is 0 Å². The molecule has 28 heavy (non-hydrogen) atoms. The van der Waals surface area contributed by atoms with Gasteiger partial charge in [0.15, 0.2) is 11.7 Å². The van der Waals surface area contributed by atoms with Crippen LogP contribution >= 0.6 is 11.3 Å². The number of hydrogen-bond donors (Lipinski definition) is 1. The summed E-state index contributed by atoms with van der Waals surface area (Å²) in [5, 5.41) is 3.16. The number of nitrogens with one attached hydrogen (secondary N) is 1. The molecule has 1 heterocycles. The summed E-state index contributed by atoms with van der Waals surface area (Å²) >= 11 is 1.41. The van der Waals surface area contributed by atoms with Gasteiger partial charge in [-0.15, -0.1) is 0 Å². The van der Waals surface area contributed by atoms with Gasteiger partial charge in [0.05, 0.1) is 15.8 Å². The van der Waals surface area contributed by atoms with E-state index in [1.165, 1.54) is 29.2 Å². The summed E-state index contributed by atoms with van der Waals surface area (Å²) in [6.45, 7) is 3.23. The normalized spacial score (nSPS) is 10.5. The van der Waals surface area contributed by atoms with E-state index in [1.807, 2.05) is 31.2 Å². The van der Waals surface area contributed by atoms with Crippen molar-refractivity contribution in [3.63, 3.8) is 0 Å². The number of anilines is 2. The SMILES string of the molecule is CCN(C(=O)COC(=O)c1cccc(NC(C)=O)c1)c1nc2ccccc2s1. The summed E-state index contributed by atoms with van der Waals surface area (Å²) in [6.07, 6.45) is 0. The highest BCUT2D eigenvalue weighted by molar-refractivity contribution is 7.22. The molecule has 1 aromatic heterocycles. The Balaban J connectivity index is 1.66. The average Bonchev–Trinajstić information content (AvgIpc) is 3.10. The number of hydrogen-bond acceptors (Lipinski definition) is 6. The first-order valence-electron chi connectivity index (χ1n) is 8.68. The van der Waals surface area contributed by atoms with Crippen LogP contribution in [0.15, 0.2) is 48.5 Å². The van der Waals surface area contributed by atoms with Crippen molar-refractivity contribution in [3.8, 4) is 0 Å². The van der Waals surface area contributed by atoms with Gasteiger partial charge in [-0.25, -0.2) is 9.78 Å². The third-order valence-electron chi connectivity index (χ3n) is 3.88. The number of likely N-dealkylation sites (N-methyl/N-ethyl adjacent to an activating group) is 1. The Morgan fingerprint density at radius 1 is 1.14 bits per heavy atom. The van der Waals surface area contributed by atoms with Crippen LogP contribution in [0.1, 0.15) is 24.2 Å². The van der Waals surface area contributed by atoms with Gasteiger partial charge >= 0.3 is 5.97 Å². The first-order valence-corrected chi connectivity index (χ1v) is 9.50. The molecule has 0 saturated carbocycles. The highest BCUT2D eigenvalue weighted by atomic mass is 32.1. The number of esters is 1. The summed E-state index contributed by atoms with van der Waals surface area (Å²) in [7, 11) is 0. The van der Waals surface area contributed by atoms with Crippen molar-refractivity contribution in [1.82, 2.24) is 4.98 Å². The number of amides is 2.